The lowest BCUT2D eigenvalue weighted by Crippen LogP contribution is -2.41. The van der Waals surface area contributed by atoms with Crippen molar-refractivity contribution >= 4 is 25.6 Å². The third kappa shape index (κ3) is 8.73. The normalized spacial score (nSPS) is 20.7. The van der Waals surface area contributed by atoms with Crippen LogP contribution in [0, 0.1) is 5.92 Å². The number of aliphatic carboxylic acids is 2. The van der Waals surface area contributed by atoms with Gasteiger partial charge in [-0.15, -0.1) is 0 Å². The minimum absolute atomic E-state index is 0.224. The molecule has 10 nitrogen and oxygen atoms in total. The zero-order valence-electron chi connectivity index (χ0n) is 15.8. The van der Waals surface area contributed by atoms with E-state index in [9.17, 15) is 23.8 Å². The van der Waals surface area contributed by atoms with Crippen molar-refractivity contribution < 1.29 is 43.3 Å². The van der Waals surface area contributed by atoms with Crippen LogP contribution in [0.25, 0.3) is 0 Å². The highest BCUT2D eigenvalue weighted by molar-refractivity contribution is 7.52. The molecule has 3 N–H and O–H groups in total. The van der Waals surface area contributed by atoms with E-state index in [0.717, 1.165) is 0 Å². The van der Waals surface area contributed by atoms with Crippen molar-refractivity contribution in [3.05, 3.63) is 0 Å². The van der Waals surface area contributed by atoms with Gasteiger partial charge in [0.05, 0.1) is 24.7 Å². The fourth-order valence-corrected chi connectivity index (χ4v) is 4.10. The highest BCUT2D eigenvalue weighted by atomic mass is 31.2. The molecule has 1 saturated heterocycles. The Kier molecular flexibility index (Phi) is 8.25. The van der Waals surface area contributed by atoms with Crippen LogP contribution >= 0.6 is 7.60 Å². The van der Waals surface area contributed by atoms with Gasteiger partial charge in [-0.05, 0) is 40.0 Å². The topological polar surface area (TPSA) is 151 Å². The van der Waals surface area contributed by atoms with E-state index < -0.39 is 55.8 Å². The van der Waals surface area contributed by atoms with Crippen LogP contribution in [0.3, 0.4) is 0 Å². The predicted molar refractivity (Wildman–Crippen MR) is 94.6 cm³/mol. The van der Waals surface area contributed by atoms with E-state index in [0.29, 0.717) is 19.4 Å². The Balaban J connectivity index is 2.62. The quantitative estimate of drug-likeness (QED) is 0.487. The molecule has 27 heavy (non-hydrogen) atoms. The molecule has 1 aliphatic heterocycles. The van der Waals surface area contributed by atoms with Gasteiger partial charge < -0.3 is 29.3 Å². The van der Waals surface area contributed by atoms with Crippen LogP contribution in [0.1, 0.15) is 46.5 Å². The summed E-state index contributed by atoms with van der Waals surface area (Å²) in [5.41, 5.74) is -0.670. The van der Waals surface area contributed by atoms with Gasteiger partial charge >= 0.3 is 25.6 Å². The molecule has 1 unspecified atom stereocenters. The number of amides is 1. The predicted octanol–water partition coefficient (Wildman–Crippen LogP) is 2.15. The number of rotatable bonds is 9. The molecule has 0 radical (unpaired) electrons. The minimum Gasteiger partial charge on any atom is -0.481 e. The van der Waals surface area contributed by atoms with Crippen LogP contribution in [-0.4, -0.2) is 69.0 Å². The Bertz CT molecular complexity index is 601. The van der Waals surface area contributed by atoms with E-state index in [4.69, 9.17) is 19.5 Å². The zero-order valence-corrected chi connectivity index (χ0v) is 16.7. The first kappa shape index (κ1) is 23.4. The summed E-state index contributed by atoms with van der Waals surface area (Å²) in [6.45, 7) is 5.42. The number of hydrogen-bond acceptors (Lipinski definition) is 6. The minimum atomic E-state index is -4.27. The van der Waals surface area contributed by atoms with E-state index in [1.54, 1.807) is 20.8 Å². The molecule has 1 fully saturated rings. The van der Waals surface area contributed by atoms with E-state index in [-0.39, 0.29) is 13.0 Å². The summed E-state index contributed by atoms with van der Waals surface area (Å²) >= 11 is 0. The molecular weight excluding hydrogens is 381 g/mol. The molecule has 0 aromatic carbocycles. The van der Waals surface area contributed by atoms with Crippen molar-refractivity contribution in [3.63, 3.8) is 0 Å². The summed E-state index contributed by atoms with van der Waals surface area (Å²) in [7, 11) is -4.27. The Labute approximate surface area is 158 Å². The monoisotopic (exact) mass is 409 g/mol. The smallest absolute Gasteiger partial charge is 0.410 e. The van der Waals surface area contributed by atoms with Gasteiger partial charge in [0, 0.05) is 13.0 Å². The van der Waals surface area contributed by atoms with Crippen molar-refractivity contribution in [3.8, 4) is 0 Å². The second kappa shape index (κ2) is 9.52. The van der Waals surface area contributed by atoms with Gasteiger partial charge in [-0.25, -0.2) is 4.79 Å². The lowest BCUT2D eigenvalue weighted by atomic mass is 10.1. The average Bonchev–Trinajstić information content (AvgIpc) is 2.96. The lowest BCUT2D eigenvalue weighted by Gasteiger charge is -2.29. The number of ether oxygens (including phenoxy) is 1. The third-order valence-corrected chi connectivity index (χ3v) is 5.44. The Morgan fingerprint density at radius 2 is 1.89 bits per heavy atom. The summed E-state index contributed by atoms with van der Waals surface area (Å²) in [5.74, 6) is -3.85. The van der Waals surface area contributed by atoms with Crippen molar-refractivity contribution in [2.24, 2.45) is 5.92 Å². The second-order valence-corrected chi connectivity index (χ2v) is 9.45. The summed E-state index contributed by atoms with van der Waals surface area (Å²) in [5, 5.41) is 17.7. The summed E-state index contributed by atoms with van der Waals surface area (Å²) in [6.07, 6.45) is -0.654. The number of nitrogens with zero attached hydrogens (tertiary/aromatic N) is 1. The Morgan fingerprint density at radius 1 is 1.26 bits per heavy atom. The number of carbonyl (C=O) groups is 3. The number of carboxylic acids is 2. The lowest BCUT2D eigenvalue weighted by molar-refractivity contribution is -0.142. The molecule has 1 aliphatic rings. The molecule has 0 spiro atoms. The van der Waals surface area contributed by atoms with Gasteiger partial charge in [0.1, 0.15) is 5.60 Å². The number of carbonyl (C=O) groups excluding carboxylic acids is 1. The first-order valence-electron chi connectivity index (χ1n) is 8.71. The molecule has 1 amide bonds. The fourth-order valence-electron chi connectivity index (χ4n) is 2.69. The number of hydrogen-bond donors (Lipinski definition) is 3. The maximum absolute atomic E-state index is 12.2. The standard InChI is InChI=1S/C16H28NO9P/c1-16(2,3)26-15(22)17-8-4-5-12(17)9-25-27(23,24)10-11(14(20)21)6-7-13(18)19/h11-12H,4-10H2,1-3H3,(H,18,19)(H,20,21)(H,23,24)/t11-,12+/m1/s1. The molecule has 0 aromatic rings. The highest BCUT2D eigenvalue weighted by Gasteiger charge is 2.36. The van der Waals surface area contributed by atoms with E-state index in [2.05, 4.69) is 0 Å². The summed E-state index contributed by atoms with van der Waals surface area (Å²) in [4.78, 5) is 45.3. The van der Waals surface area contributed by atoms with Crippen LogP contribution in [-0.2, 0) is 23.4 Å². The van der Waals surface area contributed by atoms with Crippen molar-refractivity contribution in [1.29, 1.82) is 0 Å². The van der Waals surface area contributed by atoms with Gasteiger partial charge in [0.15, 0.2) is 0 Å². The fraction of sp³-hybridized carbons (Fsp3) is 0.812. The highest BCUT2D eigenvalue weighted by Crippen LogP contribution is 2.45. The largest absolute Gasteiger partial charge is 0.481 e. The van der Waals surface area contributed by atoms with Crippen molar-refractivity contribution in [1.82, 2.24) is 4.90 Å². The first-order valence-corrected chi connectivity index (χ1v) is 10.5. The summed E-state index contributed by atoms with van der Waals surface area (Å²) < 4.78 is 22.6. The second-order valence-electron chi connectivity index (χ2n) is 7.55. The zero-order chi connectivity index (χ0) is 20.8. The van der Waals surface area contributed by atoms with E-state index in [1.807, 2.05) is 0 Å². The average molecular weight is 409 g/mol. The van der Waals surface area contributed by atoms with Gasteiger partial charge in [0.2, 0.25) is 0 Å². The molecule has 0 saturated carbocycles. The number of likely N-dealkylation sites (tertiary alicyclic amines) is 1. The van der Waals surface area contributed by atoms with Crippen LogP contribution < -0.4 is 0 Å². The molecule has 156 valence electrons. The van der Waals surface area contributed by atoms with Gasteiger partial charge in [-0.3, -0.25) is 14.2 Å². The van der Waals surface area contributed by atoms with Gasteiger partial charge in [-0.1, -0.05) is 0 Å². The maximum atomic E-state index is 12.2. The molecule has 1 heterocycles. The summed E-state index contributed by atoms with van der Waals surface area (Å²) in [6, 6.07) is -0.442. The molecule has 0 aliphatic carbocycles. The molecule has 1 rings (SSSR count). The van der Waals surface area contributed by atoms with Crippen molar-refractivity contribution in [2.75, 3.05) is 19.3 Å². The first-order chi connectivity index (χ1) is 12.3. The Hall–Kier alpha value is -1.64. The van der Waals surface area contributed by atoms with Crippen LogP contribution in [0.4, 0.5) is 4.79 Å². The Morgan fingerprint density at radius 3 is 2.41 bits per heavy atom. The number of carboxylic acid groups (broad SMARTS) is 2. The molecule has 0 aromatic heterocycles. The van der Waals surface area contributed by atoms with E-state index >= 15 is 0 Å². The molecule has 11 heteroatoms. The third-order valence-electron chi connectivity index (χ3n) is 3.98. The molecule has 0 bridgehead atoms. The molecular formula is C16H28NO9P. The molecule has 3 atom stereocenters. The SMILES string of the molecule is CC(C)(C)OC(=O)N1CCC[C@H]1COP(=O)(O)C[C@@H](CCC(=O)O)C(=O)O. The van der Waals surface area contributed by atoms with Crippen LogP contribution in [0.15, 0.2) is 0 Å². The van der Waals surface area contributed by atoms with Crippen LogP contribution in [0.2, 0.25) is 0 Å². The van der Waals surface area contributed by atoms with Crippen molar-refractivity contribution in [2.45, 2.75) is 58.1 Å². The van der Waals surface area contributed by atoms with Gasteiger partial charge in [-0.2, -0.15) is 0 Å². The van der Waals surface area contributed by atoms with Crippen LogP contribution in [0.5, 0.6) is 0 Å². The maximum Gasteiger partial charge on any atom is 0.410 e. The van der Waals surface area contributed by atoms with Gasteiger partial charge in [0.25, 0.3) is 0 Å². The van der Waals surface area contributed by atoms with E-state index in [1.165, 1.54) is 4.90 Å².